The van der Waals surface area contributed by atoms with Crippen LogP contribution in [0.2, 0.25) is 5.02 Å². The molecule has 4 aliphatic carbocycles. The first-order valence-corrected chi connectivity index (χ1v) is 16.1. The van der Waals surface area contributed by atoms with Gasteiger partial charge in [0.25, 0.3) is 15.6 Å². The zero-order valence-corrected chi connectivity index (χ0v) is 25.5. The summed E-state index contributed by atoms with van der Waals surface area (Å²) < 4.78 is 36.8. The SMILES string of the molecule is Cc1c(N(C)S(=O)(=O)c2ccc(Cl)c(C(=O)OCC(=O)C34CC5CC(CC(C5)C3)C4)c2)c(=O)n(-c2ccccc2)n1C. The Kier molecular flexibility index (Phi) is 7.13. The number of carbonyl (C=O) groups is 2. The third-order valence-electron chi connectivity index (χ3n) is 9.62. The number of rotatable bonds is 8. The fourth-order valence-corrected chi connectivity index (χ4v) is 9.30. The summed E-state index contributed by atoms with van der Waals surface area (Å²) in [4.78, 5) is 39.7. The summed E-state index contributed by atoms with van der Waals surface area (Å²) in [6.45, 7) is 1.30. The molecule has 9 nitrogen and oxygen atoms in total. The van der Waals surface area contributed by atoms with E-state index >= 15 is 0 Å². The van der Waals surface area contributed by atoms with Crippen LogP contribution in [0.3, 0.4) is 0 Å². The number of sulfonamides is 1. The van der Waals surface area contributed by atoms with Crippen molar-refractivity contribution in [1.82, 2.24) is 9.36 Å². The highest BCUT2D eigenvalue weighted by molar-refractivity contribution is 7.92. The lowest BCUT2D eigenvalue weighted by Crippen LogP contribution is -2.51. The predicted molar refractivity (Wildman–Crippen MR) is 159 cm³/mol. The maximum absolute atomic E-state index is 13.7. The number of Topliss-reactive ketones (excluding diaryl/α,β-unsaturated/α-hetero) is 1. The third-order valence-corrected chi connectivity index (χ3v) is 11.7. The van der Waals surface area contributed by atoms with Crippen molar-refractivity contribution >= 4 is 39.1 Å². The van der Waals surface area contributed by atoms with Gasteiger partial charge in [0.15, 0.2) is 12.4 Å². The summed E-state index contributed by atoms with van der Waals surface area (Å²) in [6, 6.07) is 12.6. The number of anilines is 1. The fraction of sp³-hybridized carbons (Fsp3) is 0.452. The van der Waals surface area contributed by atoms with Crippen molar-refractivity contribution in [2.45, 2.75) is 50.3 Å². The third kappa shape index (κ3) is 4.68. The molecule has 7 rings (SSSR count). The quantitative estimate of drug-likeness (QED) is 0.335. The lowest BCUT2D eigenvalue weighted by atomic mass is 9.48. The van der Waals surface area contributed by atoms with E-state index in [1.165, 1.54) is 43.1 Å². The first-order valence-electron chi connectivity index (χ1n) is 14.2. The van der Waals surface area contributed by atoms with Crippen LogP contribution < -0.4 is 9.86 Å². The van der Waals surface area contributed by atoms with E-state index in [9.17, 15) is 22.8 Å². The molecule has 1 heterocycles. The maximum Gasteiger partial charge on any atom is 0.340 e. The summed E-state index contributed by atoms with van der Waals surface area (Å²) in [7, 11) is -1.31. The molecule has 0 radical (unpaired) electrons. The first kappa shape index (κ1) is 28.7. The van der Waals surface area contributed by atoms with Gasteiger partial charge in [-0.1, -0.05) is 29.8 Å². The number of halogens is 1. The molecule has 42 heavy (non-hydrogen) atoms. The van der Waals surface area contributed by atoms with Crippen LogP contribution in [0.25, 0.3) is 5.69 Å². The number of ketones is 1. The minimum Gasteiger partial charge on any atom is -0.454 e. The number of esters is 1. The van der Waals surface area contributed by atoms with Crippen LogP contribution in [-0.2, 0) is 26.6 Å². The summed E-state index contributed by atoms with van der Waals surface area (Å²) >= 11 is 6.30. The second-order valence-electron chi connectivity index (χ2n) is 12.2. The highest BCUT2D eigenvalue weighted by Crippen LogP contribution is 2.60. The van der Waals surface area contributed by atoms with E-state index in [2.05, 4.69) is 0 Å². The Morgan fingerprint density at radius 1 is 1.02 bits per heavy atom. The molecule has 0 aliphatic heterocycles. The van der Waals surface area contributed by atoms with Crippen molar-refractivity contribution < 1.29 is 22.7 Å². The summed E-state index contributed by atoms with van der Waals surface area (Å²) in [5.41, 5.74) is -0.0783. The fourth-order valence-electron chi connectivity index (χ4n) is 7.83. The predicted octanol–water partition coefficient (Wildman–Crippen LogP) is 4.91. The lowest BCUT2D eigenvalue weighted by molar-refractivity contribution is -0.147. The van der Waals surface area contributed by atoms with E-state index in [0.29, 0.717) is 29.1 Å². The normalized spacial score (nSPS) is 24.5. The van der Waals surface area contributed by atoms with Gasteiger partial charge in [-0.05, 0) is 93.5 Å². The molecular formula is C31H34ClN3O6S. The summed E-state index contributed by atoms with van der Waals surface area (Å²) in [5, 5.41) is 0.00572. The number of aromatic nitrogens is 2. The second kappa shape index (κ2) is 10.4. The summed E-state index contributed by atoms with van der Waals surface area (Å²) in [6.07, 6.45) is 6.17. The summed E-state index contributed by atoms with van der Waals surface area (Å²) in [5.74, 6) is 0.821. The van der Waals surface area contributed by atoms with Crippen LogP contribution in [0.4, 0.5) is 5.69 Å². The molecule has 11 heteroatoms. The number of hydrogen-bond acceptors (Lipinski definition) is 6. The van der Waals surface area contributed by atoms with Crippen molar-refractivity contribution in [3.05, 3.63) is 75.2 Å². The van der Waals surface area contributed by atoms with Crippen LogP contribution >= 0.6 is 11.6 Å². The van der Waals surface area contributed by atoms with Gasteiger partial charge in [-0.25, -0.2) is 17.9 Å². The van der Waals surface area contributed by atoms with Gasteiger partial charge in [0.1, 0.15) is 5.69 Å². The number of para-hydroxylation sites is 1. The lowest BCUT2D eigenvalue weighted by Gasteiger charge is -2.55. The van der Waals surface area contributed by atoms with Crippen LogP contribution in [0, 0.1) is 30.1 Å². The Balaban J connectivity index is 1.23. The molecule has 0 unspecified atom stereocenters. The van der Waals surface area contributed by atoms with Crippen molar-refractivity contribution in [2.75, 3.05) is 18.0 Å². The molecule has 1 aromatic heterocycles. The Labute approximate surface area is 250 Å². The van der Waals surface area contributed by atoms with Gasteiger partial charge >= 0.3 is 5.97 Å². The molecule has 0 N–H and O–H groups in total. The zero-order valence-electron chi connectivity index (χ0n) is 23.9. The first-order chi connectivity index (χ1) is 19.9. The molecule has 0 atom stereocenters. The highest BCUT2D eigenvalue weighted by atomic mass is 35.5. The van der Waals surface area contributed by atoms with E-state index < -0.39 is 27.0 Å². The molecule has 2 aromatic carbocycles. The minimum atomic E-state index is -4.28. The monoisotopic (exact) mass is 611 g/mol. The molecule has 4 aliphatic rings. The number of hydrogen-bond donors (Lipinski definition) is 0. The van der Waals surface area contributed by atoms with Crippen molar-refractivity contribution in [3.63, 3.8) is 0 Å². The van der Waals surface area contributed by atoms with Crippen LogP contribution in [0.1, 0.15) is 54.6 Å². The number of benzene rings is 2. The largest absolute Gasteiger partial charge is 0.454 e. The van der Waals surface area contributed by atoms with Crippen LogP contribution in [-0.4, -0.2) is 43.2 Å². The van der Waals surface area contributed by atoms with Crippen molar-refractivity contribution in [2.24, 2.45) is 30.2 Å². The molecule has 222 valence electrons. The van der Waals surface area contributed by atoms with Crippen LogP contribution in [0.5, 0.6) is 0 Å². The maximum atomic E-state index is 13.7. The van der Waals surface area contributed by atoms with Gasteiger partial charge in [-0.3, -0.25) is 18.6 Å². The van der Waals surface area contributed by atoms with E-state index in [1.54, 1.807) is 42.9 Å². The Morgan fingerprint density at radius 2 is 1.62 bits per heavy atom. The van der Waals surface area contributed by atoms with Gasteiger partial charge in [0.2, 0.25) is 0 Å². The van der Waals surface area contributed by atoms with Gasteiger partial charge in [0, 0.05) is 19.5 Å². The Morgan fingerprint density at radius 3 is 2.21 bits per heavy atom. The highest BCUT2D eigenvalue weighted by Gasteiger charge is 2.54. The number of nitrogens with zero attached hydrogens (tertiary/aromatic N) is 3. The average Bonchev–Trinajstić information content (AvgIpc) is 3.17. The topological polar surface area (TPSA) is 108 Å². The van der Waals surface area contributed by atoms with Gasteiger partial charge in [-0.15, -0.1) is 0 Å². The molecular weight excluding hydrogens is 578 g/mol. The van der Waals surface area contributed by atoms with E-state index in [-0.39, 0.29) is 33.6 Å². The number of carbonyl (C=O) groups excluding carboxylic acids is 2. The molecule has 0 saturated heterocycles. The minimum absolute atomic E-state index is 0.00572. The van der Waals surface area contributed by atoms with Gasteiger partial charge in [0.05, 0.1) is 26.9 Å². The van der Waals surface area contributed by atoms with Gasteiger partial charge < -0.3 is 4.74 Å². The molecule has 4 bridgehead atoms. The molecule has 0 spiro atoms. The molecule has 4 fully saturated rings. The standard InChI is InChI=1S/C31H34ClN3O6S/c1-19-28(29(37)35(33(19)2)23-7-5-4-6-8-23)34(3)42(39,40)24-9-10-26(32)25(14-24)30(38)41-18-27(36)31-15-20-11-21(16-31)13-22(12-20)17-31/h4-10,14,20-22H,11-13,15-18H2,1-3H3. The van der Waals surface area contributed by atoms with Crippen LogP contribution in [0.15, 0.2) is 58.2 Å². The number of ether oxygens (including phenoxy) is 1. The average molecular weight is 612 g/mol. The van der Waals surface area contributed by atoms with E-state index in [1.807, 2.05) is 6.07 Å². The van der Waals surface area contributed by atoms with Gasteiger partial charge in [-0.2, -0.15) is 0 Å². The smallest absolute Gasteiger partial charge is 0.340 e. The van der Waals surface area contributed by atoms with Crippen molar-refractivity contribution in [1.29, 1.82) is 0 Å². The Hall–Kier alpha value is -3.37. The molecule has 0 amide bonds. The van der Waals surface area contributed by atoms with Crippen molar-refractivity contribution in [3.8, 4) is 5.69 Å². The Bertz CT molecular complexity index is 1710. The van der Waals surface area contributed by atoms with E-state index in [0.717, 1.165) is 29.6 Å². The van der Waals surface area contributed by atoms with E-state index in [4.69, 9.17) is 16.3 Å². The zero-order chi connectivity index (χ0) is 30.0. The molecule has 3 aromatic rings. The second-order valence-corrected chi connectivity index (χ2v) is 14.6. The molecule has 4 saturated carbocycles.